The minimum absolute atomic E-state index is 0.00195. The van der Waals surface area contributed by atoms with Gasteiger partial charge in [0.05, 0.1) is 5.52 Å². The molecule has 0 atom stereocenters. The number of para-hydroxylation sites is 1. The molecule has 0 bridgehead atoms. The predicted molar refractivity (Wildman–Crippen MR) is 88.9 cm³/mol. The third-order valence-corrected chi connectivity index (χ3v) is 4.14. The van der Waals surface area contributed by atoms with E-state index in [-0.39, 0.29) is 5.91 Å². The summed E-state index contributed by atoms with van der Waals surface area (Å²) in [6.07, 6.45) is 5.70. The normalized spacial score (nSPS) is 13.9. The summed E-state index contributed by atoms with van der Waals surface area (Å²) in [6.45, 7) is 0.589. The molecule has 0 N–H and O–H groups in total. The number of fused-ring (bicyclic) bond motifs is 1. The van der Waals surface area contributed by atoms with Crippen molar-refractivity contribution in [2.24, 2.45) is 0 Å². The van der Waals surface area contributed by atoms with Gasteiger partial charge in [-0.2, -0.15) is 0 Å². The second-order valence-corrected chi connectivity index (χ2v) is 5.91. The van der Waals surface area contributed by atoms with Gasteiger partial charge in [-0.1, -0.05) is 30.3 Å². The second kappa shape index (κ2) is 5.80. The van der Waals surface area contributed by atoms with Crippen molar-refractivity contribution in [3.8, 4) is 0 Å². The van der Waals surface area contributed by atoms with Crippen molar-refractivity contribution < 1.29 is 4.79 Å². The smallest absolute Gasteiger partial charge is 0.273 e. The van der Waals surface area contributed by atoms with Gasteiger partial charge in [0.15, 0.2) is 0 Å². The van der Waals surface area contributed by atoms with E-state index in [0.29, 0.717) is 18.3 Å². The fraction of sp³-hybridized carbons (Fsp3) is 0.211. The number of aromatic nitrogens is 2. The number of nitrogens with zero attached hydrogens (tertiary/aromatic N) is 3. The molecule has 0 spiro atoms. The summed E-state index contributed by atoms with van der Waals surface area (Å²) in [5.74, 6) is 0.00195. The van der Waals surface area contributed by atoms with Crippen LogP contribution in [0.2, 0.25) is 0 Å². The second-order valence-electron chi connectivity index (χ2n) is 5.91. The summed E-state index contributed by atoms with van der Waals surface area (Å²) in [7, 11) is 0. The highest BCUT2D eigenvalue weighted by Gasteiger charge is 2.33. The number of carbonyl (C=O) groups is 1. The van der Waals surface area contributed by atoms with Crippen molar-refractivity contribution in [1.82, 2.24) is 14.9 Å². The number of amides is 1. The first-order valence-corrected chi connectivity index (χ1v) is 7.87. The molecule has 1 aromatic carbocycles. The van der Waals surface area contributed by atoms with Gasteiger partial charge in [0, 0.05) is 30.4 Å². The van der Waals surface area contributed by atoms with Crippen LogP contribution in [0.4, 0.5) is 0 Å². The van der Waals surface area contributed by atoms with E-state index in [0.717, 1.165) is 29.3 Å². The van der Waals surface area contributed by atoms with Crippen LogP contribution in [0.1, 0.15) is 28.9 Å². The van der Waals surface area contributed by atoms with E-state index in [1.54, 1.807) is 6.20 Å². The Bertz CT molecular complexity index is 843. The zero-order valence-corrected chi connectivity index (χ0v) is 12.7. The topological polar surface area (TPSA) is 46.1 Å². The molecule has 0 aliphatic heterocycles. The highest BCUT2D eigenvalue weighted by atomic mass is 16.2. The largest absolute Gasteiger partial charge is 0.330 e. The van der Waals surface area contributed by atoms with Crippen LogP contribution in [-0.2, 0) is 6.54 Å². The first kappa shape index (κ1) is 13.9. The number of hydrogen-bond acceptors (Lipinski definition) is 3. The molecule has 23 heavy (non-hydrogen) atoms. The third-order valence-electron chi connectivity index (χ3n) is 4.14. The lowest BCUT2D eigenvalue weighted by molar-refractivity contribution is 0.0724. The van der Waals surface area contributed by atoms with Gasteiger partial charge in [-0.15, -0.1) is 0 Å². The van der Waals surface area contributed by atoms with Crippen molar-refractivity contribution in [1.29, 1.82) is 0 Å². The Hall–Kier alpha value is -2.75. The molecule has 1 aliphatic rings. The average molecular weight is 303 g/mol. The summed E-state index contributed by atoms with van der Waals surface area (Å²) in [5.41, 5.74) is 2.42. The van der Waals surface area contributed by atoms with Crippen LogP contribution in [0.25, 0.3) is 10.9 Å². The fourth-order valence-corrected chi connectivity index (χ4v) is 2.77. The SMILES string of the molecule is O=C(c1ccc2ccccc2n1)N(Cc1cccnc1)C1CC1. The molecule has 1 saturated carbocycles. The minimum atomic E-state index is 0.00195. The van der Waals surface area contributed by atoms with Gasteiger partial charge in [-0.05, 0) is 36.6 Å². The lowest BCUT2D eigenvalue weighted by Crippen LogP contribution is -2.33. The number of pyridine rings is 2. The lowest BCUT2D eigenvalue weighted by Gasteiger charge is -2.22. The molecule has 0 saturated heterocycles. The first-order valence-electron chi connectivity index (χ1n) is 7.87. The van der Waals surface area contributed by atoms with Crippen LogP contribution >= 0.6 is 0 Å². The molecule has 1 fully saturated rings. The van der Waals surface area contributed by atoms with Gasteiger partial charge in [-0.25, -0.2) is 4.98 Å². The van der Waals surface area contributed by atoms with Crippen molar-refractivity contribution >= 4 is 16.8 Å². The van der Waals surface area contributed by atoms with Crippen LogP contribution in [-0.4, -0.2) is 26.8 Å². The van der Waals surface area contributed by atoms with E-state index < -0.39 is 0 Å². The summed E-state index contributed by atoms with van der Waals surface area (Å²) in [5, 5.41) is 1.05. The monoisotopic (exact) mass is 303 g/mol. The van der Waals surface area contributed by atoms with Crippen LogP contribution in [0.3, 0.4) is 0 Å². The van der Waals surface area contributed by atoms with Crippen LogP contribution in [0.15, 0.2) is 60.9 Å². The lowest BCUT2D eigenvalue weighted by atomic mass is 10.2. The molecule has 4 heteroatoms. The van der Waals surface area contributed by atoms with E-state index in [2.05, 4.69) is 9.97 Å². The Balaban J connectivity index is 1.63. The Morgan fingerprint density at radius 1 is 1.09 bits per heavy atom. The van der Waals surface area contributed by atoms with E-state index in [1.165, 1.54) is 0 Å². The fourth-order valence-electron chi connectivity index (χ4n) is 2.77. The van der Waals surface area contributed by atoms with Gasteiger partial charge in [0.2, 0.25) is 0 Å². The van der Waals surface area contributed by atoms with Gasteiger partial charge in [0.1, 0.15) is 5.69 Å². The first-order chi connectivity index (χ1) is 11.3. The summed E-state index contributed by atoms with van der Waals surface area (Å²) < 4.78 is 0. The predicted octanol–water partition coefficient (Wildman–Crippen LogP) is 3.43. The van der Waals surface area contributed by atoms with Crippen molar-refractivity contribution in [3.63, 3.8) is 0 Å². The van der Waals surface area contributed by atoms with Crippen molar-refractivity contribution in [2.45, 2.75) is 25.4 Å². The number of benzene rings is 1. The summed E-state index contributed by atoms with van der Waals surface area (Å²) >= 11 is 0. The van der Waals surface area contributed by atoms with E-state index >= 15 is 0 Å². The standard InChI is InChI=1S/C19H17N3O/c23-19(18-10-7-15-5-1-2-6-17(15)21-18)22(16-8-9-16)13-14-4-3-11-20-12-14/h1-7,10-12,16H,8-9,13H2. The van der Waals surface area contributed by atoms with Gasteiger partial charge in [0.25, 0.3) is 5.91 Å². The number of carbonyl (C=O) groups excluding carboxylic acids is 1. The van der Waals surface area contributed by atoms with Gasteiger partial charge in [-0.3, -0.25) is 9.78 Å². The Morgan fingerprint density at radius 2 is 1.96 bits per heavy atom. The van der Waals surface area contributed by atoms with E-state index in [1.807, 2.05) is 59.6 Å². The molecule has 1 amide bonds. The van der Waals surface area contributed by atoms with E-state index in [4.69, 9.17) is 0 Å². The van der Waals surface area contributed by atoms with Gasteiger partial charge >= 0.3 is 0 Å². The molecule has 0 unspecified atom stereocenters. The average Bonchev–Trinajstić information content (AvgIpc) is 3.44. The maximum atomic E-state index is 12.9. The Morgan fingerprint density at radius 3 is 2.74 bits per heavy atom. The quantitative estimate of drug-likeness (QED) is 0.742. The van der Waals surface area contributed by atoms with E-state index in [9.17, 15) is 4.79 Å². The van der Waals surface area contributed by atoms with Crippen molar-refractivity contribution in [3.05, 3.63) is 72.2 Å². The van der Waals surface area contributed by atoms with Crippen molar-refractivity contribution in [2.75, 3.05) is 0 Å². The third kappa shape index (κ3) is 2.93. The number of rotatable bonds is 4. The molecule has 114 valence electrons. The molecule has 2 aromatic heterocycles. The summed E-state index contributed by atoms with van der Waals surface area (Å²) in [6, 6.07) is 15.9. The summed E-state index contributed by atoms with van der Waals surface area (Å²) in [4.78, 5) is 23.5. The zero-order valence-electron chi connectivity index (χ0n) is 12.7. The molecule has 4 rings (SSSR count). The maximum absolute atomic E-state index is 12.9. The molecule has 3 aromatic rings. The Kier molecular flexibility index (Phi) is 3.50. The van der Waals surface area contributed by atoms with Gasteiger partial charge < -0.3 is 4.90 Å². The van der Waals surface area contributed by atoms with Crippen LogP contribution in [0.5, 0.6) is 0 Å². The highest BCUT2D eigenvalue weighted by Crippen LogP contribution is 2.29. The molecule has 4 nitrogen and oxygen atoms in total. The molecular formula is C19H17N3O. The zero-order chi connectivity index (χ0) is 15.6. The highest BCUT2D eigenvalue weighted by molar-refractivity contribution is 5.95. The minimum Gasteiger partial charge on any atom is -0.330 e. The number of hydrogen-bond donors (Lipinski definition) is 0. The molecule has 2 heterocycles. The molecule has 1 aliphatic carbocycles. The maximum Gasteiger partial charge on any atom is 0.273 e. The molecular weight excluding hydrogens is 286 g/mol. The van der Waals surface area contributed by atoms with Crippen LogP contribution < -0.4 is 0 Å². The molecule has 0 radical (unpaired) electrons. The van der Waals surface area contributed by atoms with Crippen LogP contribution in [0, 0.1) is 0 Å². The Labute approximate surface area is 134 Å².